The van der Waals surface area contributed by atoms with Crippen molar-refractivity contribution >= 4 is 49.3 Å². The van der Waals surface area contributed by atoms with E-state index in [1.807, 2.05) is 0 Å². The van der Waals surface area contributed by atoms with Gasteiger partial charge in [-0.15, -0.1) is 0 Å². The summed E-state index contributed by atoms with van der Waals surface area (Å²) in [6, 6.07) is 45.4. The van der Waals surface area contributed by atoms with Gasteiger partial charge in [0.05, 0.1) is 27.8 Å². The van der Waals surface area contributed by atoms with Gasteiger partial charge in [0.1, 0.15) is 5.65 Å². The molecule has 0 saturated carbocycles. The molecule has 0 aliphatic rings. The quantitative estimate of drug-likeness (QED) is 0.254. The number of hydrogen-bond acceptors (Lipinski definition) is 1. The van der Waals surface area contributed by atoms with Crippen molar-refractivity contribution in [3.8, 4) is 16.9 Å². The highest BCUT2D eigenvalue weighted by atomic mass is 15.0. The van der Waals surface area contributed by atoms with Gasteiger partial charge in [0.2, 0.25) is 0 Å². The number of benzene rings is 5. The molecule has 3 heteroatoms. The van der Waals surface area contributed by atoms with Gasteiger partial charge in [0, 0.05) is 21.8 Å². The highest BCUT2D eigenvalue weighted by Gasteiger charge is 2.15. The molecule has 0 fully saturated rings. The minimum absolute atomic E-state index is 0.996. The van der Waals surface area contributed by atoms with E-state index in [9.17, 15) is 0 Å². The lowest BCUT2D eigenvalue weighted by atomic mass is 10.1. The van der Waals surface area contributed by atoms with Crippen LogP contribution in [0.2, 0.25) is 0 Å². The number of fused-ring (bicyclic) bond motifs is 8. The van der Waals surface area contributed by atoms with E-state index in [-0.39, 0.29) is 0 Å². The van der Waals surface area contributed by atoms with Crippen LogP contribution in [-0.4, -0.2) is 14.0 Å². The van der Waals surface area contributed by atoms with Gasteiger partial charge in [-0.1, -0.05) is 84.9 Å². The molecular formula is C33H21N3. The van der Waals surface area contributed by atoms with E-state index >= 15 is 0 Å². The number of rotatable bonds is 2. The Morgan fingerprint density at radius 2 is 1.08 bits per heavy atom. The molecule has 8 aromatic rings. The highest BCUT2D eigenvalue weighted by Crippen LogP contribution is 2.34. The molecule has 0 bridgehead atoms. The van der Waals surface area contributed by atoms with Crippen LogP contribution in [0.4, 0.5) is 0 Å². The van der Waals surface area contributed by atoms with Crippen LogP contribution in [0, 0.1) is 0 Å². The number of nitrogens with zero attached hydrogens (tertiary/aromatic N) is 3. The lowest BCUT2D eigenvalue weighted by Crippen LogP contribution is -1.96. The summed E-state index contributed by atoms with van der Waals surface area (Å²) < 4.78 is 4.66. The largest absolute Gasteiger partial charge is 0.309 e. The van der Waals surface area contributed by atoms with Gasteiger partial charge >= 0.3 is 0 Å². The Bertz CT molecular complexity index is 2040. The van der Waals surface area contributed by atoms with Crippen LogP contribution in [0.3, 0.4) is 0 Å². The van der Waals surface area contributed by atoms with Crippen molar-refractivity contribution in [2.24, 2.45) is 0 Å². The minimum Gasteiger partial charge on any atom is -0.309 e. The summed E-state index contributed by atoms with van der Waals surface area (Å²) in [5.41, 5.74) is 9.04. The Morgan fingerprint density at radius 3 is 1.81 bits per heavy atom. The number of pyridine rings is 1. The number of imidazole rings is 1. The van der Waals surface area contributed by atoms with Gasteiger partial charge < -0.3 is 4.57 Å². The number of aromatic nitrogens is 3. The van der Waals surface area contributed by atoms with Gasteiger partial charge in [-0.2, -0.15) is 0 Å². The smallest absolute Gasteiger partial charge is 0.146 e. The molecule has 0 aliphatic heterocycles. The van der Waals surface area contributed by atoms with Gasteiger partial charge in [-0.25, -0.2) is 4.98 Å². The first-order chi connectivity index (χ1) is 17.9. The molecule has 3 aromatic heterocycles. The van der Waals surface area contributed by atoms with Crippen molar-refractivity contribution in [1.82, 2.24) is 14.0 Å². The number of hydrogen-bond donors (Lipinski definition) is 0. The molecule has 5 aromatic carbocycles. The fourth-order valence-corrected chi connectivity index (χ4v) is 5.68. The first-order valence-electron chi connectivity index (χ1n) is 12.2. The zero-order valence-electron chi connectivity index (χ0n) is 19.5. The predicted octanol–water partition coefficient (Wildman–Crippen LogP) is 8.40. The zero-order chi connectivity index (χ0) is 23.6. The van der Waals surface area contributed by atoms with Crippen molar-refractivity contribution in [3.05, 3.63) is 127 Å². The molecule has 0 radical (unpaired) electrons. The van der Waals surface area contributed by atoms with Gasteiger partial charge in [-0.3, -0.25) is 4.40 Å². The molecule has 8 rings (SSSR count). The monoisotopic (exact) mass is 459 g/mol. The fourth-order valence-electron chi connectivity index (χ4n) is 5.68. The summed E-state index contributed by atoms with van der Waals surface area (Å²) in [5.74, 6) is 0. The Hall–Kier alpha value is -4.89. The van der Waals surface area contributed by atoms with Gasteiger partial charge in [-0.05, 0) is 53.4 Å². The first-order valence-corrected chi connectivity index (χ1v) is 12.2. The molecule has 3 nitrogen and oxygen atoms in total. The van der Waals surface area contributed by atoms with Crippen molar-refractivity contribution in [2.45, 2.75) is 0 Å². The topological polar surface area (TPSA) is 22.2 Å². The second kappa shape index (κ2) is 7.30. The van der Waals surface area contributed by atoms with Crippen LogP contribution in [-0.2, 0) is 0 Å². The van der Waals surface area contributed by atoms with Gasteiger partial charge in [0.25, 0.3) is 0 Å². The molecule has 0 saturated heterocycles. The zero-order valence-corrected chi connectivity index (χ0v) is 19.5. The second-order valence-electron chi connectivity index (χ2n) is 9.29. The summed E-state index contributed by atoms with van der Waals surface area (Å²) in [4.78, 5) is 5.01. The number of para-hydroxylation sites is 4. The van der Waals surface area contributed by atoms with Crippen LogP contribution >= 0.6 is 0 Å². The predicted molar refractivity (Wildman–Crippen MR) is 150 cm³/mol. The van der Waals surface area contributed by atoms with E-state index < -0.39 is 0 Å². The molecule has 168 valence electrons. The van der Waals surface area contributed by atoms with Crippen LogP contribution in [0.25, 0.3) is 66.2 Å². The second-order valence-corrected chi connectivity index (χ2v) is 9.29. The third-order valence-corrected chi connectivity index (χ3v) is 7.30. The molecule has 0 N–H and O–H groups in total. The van der Waals surface area contributed by atoms with Crippen LogP contribution < -0.4 is 0 Å². The molecule has 0 spiro atoms. The van der Waals surface area contributed by atoms with Crippen LogP contribution in [0.15, 0.2) is 127 Å². The maximum Gasteiger partial charge on any atom is 0.146 e. The SMILES string of the molecule is c1ccc2c(c1)cc(-c1ccc(-n3c4ccccc4c4ccccc43)cc1)n1c3ccccc3nc21. The van der Waals surface area contributed by atoms with E-state index in [0.717, 1.165) is 28.1 Å². The van der Waals surface area contributed by atoms with Crippen molar-refractivity contribution in [3.63, 3.8) is 0 Å². The molecule has 36 heavy (non-hydrogen) atoms. The van der Waals surface area contributed by atoms with E-state index in [1.54, 1.807) is 0 Å². The molecule has 0 aliphatic carbocycles. The molecule has 0 amide bonds. The van der Waals surface area contributed by atoms with Crippen LogP contribution in [0.1, 0.15) is 0 Å². The van der Waals surface area contributed by atoms with E-state index in [2.05, 4.69) is 136 Å². The van der Waals surface area contributed by atoms with Crippen LogP contribution in [0.5, 0.6) is 0 Å². The average Bonchev–Trinajstić information content (AvgIpc) is 3.50. The summed E-state index contributed by atoms with van der Waals surface area (Å²) in [5, 5.41) is 4.91. The Balaban J connectivity index is 1.38. The summed E-state index contributed by atoms with van der Waals surface area (Å²) >= 11 is 0. The average molecular weight is 460 g/mol. The Morgan fingerprint density at radius 1 is 0.500 bits per heavy atom. The maximum atomic E-state index is 5.01. The summed E-state index contributed by atoms with van der Waals surface area (Å²) in [6.45, 7) is 0. The first kappa shape index (κ1) is 19.4. The van der Waals surface area contributed by atoms with E-state index in [4.69, 9.17) is 4.98 Å². The molecule has 3 heterocycles. The minimum atomic E-state index is 0.996. The lowest BCUT2D eigenvalue weighted by Gasteiger charge is -2.12. The van der Waals surface area contributed by atoms with E-state index in [1.165, 1.54) is 38.1 Å². The van der Waals surface area contributed by atoms with Gasteiger partial charge in [0.15, 0.2) is 0 Å². The fraction of sp³-hybridized carbons (Fsp3) is 0. The summed E-state index contributed by atoms with van der Waals surface area (Å²) in [7, 11) is 0. The molecule has 0 atom stereocenters. The Labute approximate surface area is 207 Å². The van der Waals surface area contributed by atoms with Crippen molar-refractivity contribution < 1.29 is 0 Å². The standard InChI is InChI=1S/C33H21N3/c1-2-10-25-23(9-1)21-32(36-31-16-8-5-13-28(31)34-33(25)36)22-17-19-24(20-18-22)35-29-14-6-3-11-26(29)27-12-4-7-15-30(27)35/h1-21H. The lowest BCUT2D eigenvalue weighted by molar-refractivity contribution is 1.18. The normalized spacial score (nSPS) is 11.9. The summed E-state index contributed by atoms with van der Waals surface area (Å²) in [6.07, 6.45) is 0. The Kier molecular flexibility index (Phi) is 3.94. The highest BCUT2D eigenvalue weighted by molar-refractivity contribution is 6.09. The molecular weight excluding hydrogens is 438 g/mol. The third kappa shape index (κ3) is 2.65. The van der Waals surface area contributed by atoms with Crippen molar-refractivity contribution in [2.75, 3.05) is 0 Å². The third-order valence-electron chi connectivity index (χ3n) is 7.30. The maximum absolute atomic E-state index is 5.01. The molecule has 0 unspecified atom stereocenters. The van der Waals surface area contributed by atoms with E-state index in [0.29, 0.717) is 0 Å². The van der Waals surface area contributed by atoms with Crippen molar-refractivity contribution in [1.29, 1.82) is 0 Å².